The van der Waals surface area contributed by atoms with Crippen molar-refractivity contribution in [1.29, 1.82) is 0 Å². The lowest BCUT2D eigenvalue weighted by Crippen LogP contribution is -2.53. The molecule has 4 aliphatic heterocycles. The van der Waals surface area contributed by atoms with Gasteiger partial charge in [-0.3, -0.25) is 29.3 Å². The lowest BCUT2D eigenvalue weighted by Gasteiger charge is -2.43. The van der Waals surface area contributed by atoms with Crippen LogP contribution in [-0.4, -0.2) is 29.5 Å². The Bertz CT molecular complexity index is 2120. The molecule has 4 heterocycles. The van der Waals surface area contributed by atoms with Gasteiger partial charge in [-0.25, -0.2) is 0 Å². The third-order valence-corrected chi connectivity index (χ3v) is 10.7. The van der Waals surface area contributed by atoms with Gasteiger partial charge in [0.15, 0.2) is 4.24 Å². The van der Waals surface area contributed by atoms with E-state index < -0.39 is 130 Å². The number of carbonyl (C=O) groups excluding carboxylic acids is 5. The summed E-state index contributed by atoms with van der Waals surface area (Å²) in [6, 6.07) is 0. The monoisotopic (exact) mass is 744 g/mol. The Labute approximate surface area is 340 Å². The van der Waals surface area contributed by atoms with Gasteiger partial charge >= 0.3 is 0 Å². The van der Waals surface area contributed by atoms with E-state index in [0.29, 0.717) is 10.6 Å². The summed E-state index contributed by atoms with van der Waals surface area (Å²) in [7, 11) is 0. The van der Waals surface area contributed by atoms with E-state index in [2.05, 4.69) is 25.1 Å². The highest BCUT2D eigenvalue weighted by molar-refractivity contribution is 6.00. The van der Waals surface area contributed by atoms with Gasteiger partial charge in [-0.05, 0) is 66.3 Å². The molecule has 0 saturated carbocycles. The topological polar surface area (TPSA) is 133 Å². The highest BCUT2D eigenvalue weighted by Crippen LogP contribution is 2.47. The Kier molecular flexibility index (Phi) is 7.92. The van der Waals surface area contributed by atoms with Crippen LogP contribution in [-0.2, 0) is 24.0 Å². The van der Waals surface area contributed by atoms with Gasteiger partial charge in [0.05, 0.1) is 21.7 Å². The molecular formula is C43H74N4O5. The van der Waals surface area contributed by atoms with Crippen LogP contribution in [0.1, 0.15) is 181 Å². The van der Waals surface area contributed by atoms with Gasteiger partial charge in [-0.1, -0.05) is 131 Å². The number of piperidine rings is 4. The van der Waals surface area contributed by atoms with E-state index in [9.17, 15) is 24.0 Å². The predicted molar refractivity (Wildman–Crippen MR) is 212 cm³/mol. The van der Waals surface area contributed by atoms with Crippen molar-refractivity contribution in [2.75, 3.05) is 0 Å². The summed E-state index contributed by atoms with van der Waals surface area (Å²) >= 11 is 0. The van der Waals surface area contributed by atoms with Crippen LogP contribution in [0.15, 0.2) is 36.8 Å². The standard InChI is InChI=1S/3C11H19NO.C10H17NO2/c3*1-8-6-7-11(5,9(13)12-8)10(2,3)4;1-9(2,3)10(4)6-5-7(12)11-8(10)13/h3*1,6-7H2,2-5H3,(H,12,13);5-6H2,1-4H3,(H,11,12,13)/i2*6D2,7D2;6D,7D2;5D2,6D/hD3. The van der Waals surface area contributed by atoms with Crippen molar-refractivity contribution < 1.29 is 47.4 Å². The molecular weight excluding hydrogens is 652 g/mol. The third-order valence-electron chi connectivity index (χ3n) is 10.7. The summed E-state index contributed by atoms with van der Waals surface area (Å²) < 4.78 is 133. The second kappa shape index (κ2) is 16.0. The number of amides is 5. The Hall–Kier alpha value is -3.23. The van der Waals surface area contributed by atoms with Crippen LogP contribution in [0.25, 0.3) is 0 Å². The lowest BCUT2D eigenvalue weighted by molar-refractivity contribution is -0.146. The Balaban J connectivity index is 0.000000460. The van der Waals surface area contributed by atoms with Gasteiger partial charge < -0.3 is 15.9 Å². The number of allylic oxidation sites excluding steroid dienone is 3. The molecule has 4 aliphatic rings. The molecule has 52 heavy (non-hydrogen) atoms. The fourth-order valence-electron chi connectivity index (χ4n) is 4.25. The Morgan fingerprint density at radius 1 is 0.500 bits per heavy atom. The molecule has 4 saturated heterocycles. The number of hydrogen-bond acceptors (Lipinski definition) is 5. The summed E-state index contributed by atoms with van der Waals surface area (Å²) in [5.74, 6) is -3.99. The van der Waals surface area contributed by atoms with Crippen molar-refractivity contribution in [2.24, 2.45) is 43.3 Å². The number of nitrogens with one attached hydrogen (secondary N) is 4. The average molecular weight is 744 g/mol. The quantitative estimate of drug-likeness (QED) is 0.184. The zero-order valence-electron chi connectivity index (χ0n) is 51.2. The van der Waals surface area contributed by atoms with Gasteiger partial charge in [0.1, 0.15) is 0 Å². The number of carbonyl (C=O) groups is 5. The summed E-state index contributed by atoms with van der Waals surface area (Å²) in [4.78, 5) is 60.1. The van der Waals surface area contributed by atoms with Crippen molar-refractivity contribution in [2.45, 2.75) is 162 Å². The second-order valence-corrected chi connectivity index (χ2v) is 18.1. The number of imide groups is 1. The van der Waals surface area contributed by atoms with Gasteiger partial charge in [-0.15, -0.1) is 0 Å². The van der Waals surface area contributed by atoms with E-state index >= 15 is 0 Å². The molecule has 0 spiro atoms. The highest BCUT2D eigenvalue weighted by atomic mass is 16.2. The molecule has 0 aliphatic carbocycles. The van der Waals surface area contributed by atoms with Gasteiger partial charge in [0.25, 0.3) is 0 Å². The van der Waals surface area contributed by atoms with Crippen LogP contribution in [0, 0.1) is 43.3 Å². The molecule has 0 aromatic rings. The molecule has 296 valence electrons. The first kappa shape index (κ1) is 25.7. The molecule has 6 unspecified atom stereocenters. The Morgan fingerprint density at radius 3 is 1.27 bits per heavy atom. The second-order valence-electron chi connectivity index (χ2n) is 18.1. The van der Waals surface area contributed by atoms with E-state index in [1.54, 1.807) is 83.1 Å². The molecule has 4 rings (SSSR count). The number of rotatable bonds is 0. The van der Waals surface area contributed by atoms with Crippen molar-refractivity contribution in [1.82, 2.24) is 21.2 Å². The smallest absolute Gasteiger partial charge is 0.233 e. The van der Waals surface area contributed by atoms with E-state index in [4.69, 9.17) is 23.4 Å². The molecule has 6 atom stereocenters. The largest absolute Gasteiger partial charge is 0.330 e. The van der Waals surface area contributed by atoms with E-state index in [1.807, 2.05) is 0 Å². The first-order chi connectivity index (χ1) is 29.8. The van der Waals surface area contributed by atoms with Crippen molar-refractivity contribution >= 4 is 29.5 Å². The minimum atomic E-state index is -2.52. The minimum absolute atomic E-state index is 0.0658. The zero-order valence-corrected chi connectivity index (χ0v) is 34.2. The fourth-order valence-corrected chi connectivity index (χ4v) is 4.25. The molecule has 5 amide bonds. The molecule has 9 heteroatoms. The Morgan fingerprint density at radius 2 is 0.846 bits per heavy atom. The molecule has 0 aromatic heterocycles. The maximum Gasteiger partial charge on any atom is 0.233 e. The van der Waals surface area contributed by atoms with E-state index in [1.165, 1.54) is 27.7 Å². The summed E-state index contributed by atoms with van der Waals surface area (Å²) in [5.41, 5.74) is -9.68. The maximum atomic E-state index is 12.3. The normalized spacial score (nSPS) is 44.2. The fraction of sp³-hybridized carbons (Fsp3) is 0.744. The summed E-state index contributed by atoms with van der Waals surface area (Å²) in [6.45, 7) is 36.5. The van der Waals surface area contributed by atoms with Crippen LogP contribution in [0.2, 0.25) is 4.24 Å². The average Bonchev–Trinajstić information content (AvgIpc) is 3.18. The molecule has 0 radical (unpaired) electrons. The first-order valence-corrected chi connectivity index (χ1v) is 17.1. The SMILES string of the molecule is [2H]C1([2H])C(=C)NC(=O)C(C)(C(C)(C)C)C1([2H])[2H].[2H]C1C(=C)N([2H])C(=O)C(C)(C(C)(C)C)C1([2H])[2H].[2H]C1C([2H])([2H])C(=O)N([2H])C(=O)C1(C)C(C)(C)C.[2H]N1C(=C)C([2H])([2H])C([2H])([2H])C(C)(C(C)(C)C)C1=O. The highest BCUT2D eigenvalue weighted by Gasteiger charge is 2.49. The van der Waals surface area contributed by atoms with Crippen molar-refractivity contribution in [3.05, 3.63) is 36.8 Å². The van der Waals surface area contributed by atoms with Crippen LogP contribution >= 0.6 is 0 Å². The molecule has 4 fully saturated rings. The molecule has 4 N–H and O–H groups in total. The van der Waals surface area contributed by atoms with E-state index in [-0.39, 0.29) is 16.7 Å². The van der Waals surface area contributed by atoms with Crippen LogP contribution in [0.4, 0.5) is 0 Å². The predicted octanol–water partition coefficient (Wildman–Crippen LogP) is 8.86. The van der Waals surface area contributed by atoms with Gasteiger partial charge in [0, 0.05) is 42.7 Å². The number of hydrogen-bond donors (Lipinski definition) is 4. The minimum Gasteiger partial charge on any atom is -0.330 e. The van der Waals surface area contributed by atoms with Crippen molar-refractivity contribution in [3.8, 4) is 0 Å². The molecule has 0 aromatic carbocycles. The first-order valence-electron chi connectivity index (χ1n) is 25.6. The summed E-state index contributed by atoms with van der Waals surface area (Å²) in [6.07, 6.45) is -16.9. The lowest BCUT2D eigenvalue weighted by atomic mass is 9.63. The maximum absolute atomic E-state index is 12.3. The summed E-state index contributed by atoms with van der Waals surface area (Å²) in [5, 5.41) is 3.41. The van der Waals surface area contributed by atoms with Crippen LogP contribution in [0.5, 0.6) is 0 Å². The zero-order chi connectivity index (χ0) is 56.2. The van der Waals surface area contributed by atoms with Crippen LogP contribution in [0.3, 0.4) is 0 Å². The van der Waals surface area contributed by atoms with Gasteiger partial charge in [-0.2, -0.15) is 0 Å². The van der Waals surface area contributed by atoms with Gasteiger partial charge in [0.2, 0.25) is 29.5 Å². The molecule has 0 bridgehead atoms. The van der Waals surface area contributed by atoms with Crippen molar-refractivity contribution in [3.63, 3.8) is 0 Å². The third kappa shape index (κ3) is 10.5. The van der Waals surface area contributed by atoms with Crippen LogP contribution < -0.4 is 21.2 Å². The molecule has 9 nitrogen and oxygen atoms in total. The van der Waals surface area contributed by atoms with E-state index in [0.717, 1.165) is 0 Å².